The fourth-order valence-electron chi connectivity index (χ4n) is 1.52. The minimum atomic E-state index is -0.545. The number of amidine groups is 1. The van der Waals surface area contributed by atoms with Crippen LogP contribution in [-0.4, -0.2) is 11.8 Å². The molecule has 99 valence electrons. The van der Waals surface area contributed by atoms with Crippen molar-refractivity contribution in [3.8, 4) is 0 Å². The van der Waals surface area contributed by atoms with E-state index in [1.165, 1.54) is 0 Å². The molecule has 0 saturated carbocycles. The minimum Gasteiger partial charge on any atom is -0.380 e. The maximum Gasteiger partial charge on any atom is 0.342 e. The Balaban J connectivity index is 0.00000200. The molecule has 2 aromatic rings. The van der Waals surface area contributed by atoms with E-state index >= 15 is 0 Å². The number of carbonyl (C=O) groups is 1. The summed E-state index contributed by atoms with van der Waals surface area (Å²) < 4.78 is 0. The van der Waals surface area contributed by atoms with Crippen LogP contribution in [0.25, 0.3) is 0 Å². The van der Waals surface area contributed by atoms with Crippen LogP contribution in [0.5, 0.6) is 0 Å². The van der Waals surface area contributed by atoms with Gasteiger partial charge in [-0.25, -0.2) is 4.79 Å². The molecule has 0 aliphatic rings. The van der Waals surface area contributed by atoms with E-state index in [2.05, 4.69) is 11.2 Å². The fourth-order valence-corrected chi connectivity index (χ4v) is 1.52. The Bertz CT molecular complexity index is 612. The van der Waals surface area contributed by atoms with Crippen LogP contribution in [0.3, 0.4) is 0 Å². The normalized spacial score (nSPS) is 10.6. The third-order valence-electron chi connectivity index (χ3n) is 2.48. The van der Waals surface area contributed by atoms with Gasteiger partial charge in [0.05, 0.1) is 0 Å². The Labute approximate surface area is 142 Å². The molecule has 0 aliphatic heterocycles. The van der Waals surface area contributed by atoms with Crippen molar-refractivity contribution in [2.24, 2.45) is 10.9 Å². The van der Waals surface area contributed by atoms with Gasteiger partial charge < -0.3 is 10.6 Å². The third-order valence-corrected chi connectivity index (χ3v) is 2.48. The second-order valence-corrected chi connectivity index (χ2v) is 3.98. The Kier molecular flexibility index (Phi) is 6.55. The average Bonchev–Trinajstić information content (AvgIpc) is 2.45. The molecule has 5 heteroatoms. The van der Waals surface area contributed by atoms with Crippen molar-refractivity contribution in [2.45, 2.75) is 6.92 Å². The Morgan fingerprint density at radius 2 is 1.90 bits per heavy atom. The van der Waals surface area contributed by atoms with Crippen molar-refractivity contribution < 1.29 is 42.3 Å². The maximum absolute atomic E-state index is 11.7. The molecule has 0 aliphatic carbocycles. The molecule has 0 amide bonds. The number of hydrogen-bond acceptors (Lipinski definition) is 3. The molecule has 0 atom stereocenters. The summed E-state index contributed by atoms with van der Waals surface area (Å²) in [6.07, 6.45) is 0. The molecule has 0 aromatic heterocycles. The van der Waals surface area contributed by atoms with Crippen LogP contribution in [0.4, 0.5) is 0 Å². The van der Waals surface area contributed by atoms with Crippen molar-refractivity contribution >= 4 is 11.8 Å². The number of rotatable bonds is 3. The van der Waals surface area contributed by atoms with E-state index in [-0.39, 0.29) is 38.5 Å². The van der Waals surface area contributed by atoms with Crippen LogP contribution in [0.15, 0.2) is 53.7 Å². The molecule has 2 aromatic carbocycles. The van der Waals surface area contributed by atoms with Crippen LogP contribution in [0.1, 0.15) is 21.5 Å². The van der Waals surface area contributed by atoms with Gasteiger partial charge >= 0.3 is 5.97 Å². The van der Waals surface area contributed by atoms with E-state index in [0.717, 1.165) is 5.56 Å². The number of nitrogens with zero attached hydrogens (tertiary/aromatic N) is 1. The molecule has 2 N–H and O–H groups in total. The second kappa shape index (κ2) is 7.92. The first-order chi connectivity index (χ1) is 9.16. The predicted molar refractivity (Wildman–Crippen MR) is 72.6 cm³/mol. The van der Waals surface area contributed by atoms with Crippen molar-refractivity contribution in [3.05, 3.63) is 71.3 Å². The number of nitrogens with two attached hydrogens (primary N) is 1. The van der Waals surface area contributed by atoms with Crippen molar-refractivity contribution in [3.63, 3.8) is 0 Å². The van der Waals surface area contributed by atoms with Crippen LogP contribution in [-0.2, 0) is 37.5 Å². The zero-order chi connectivity index (χ0) is 13.7. The van der Waals surface area contributed by atoms with Gasteiger partial charge in [0.25, 0.3) is 0 Å². The van der Waals surface area contributed by atoms with E-state index in [1.54, 1.807) is 30.3 Å². The number of benzene rings is 2. The first-order valence-electron chi connectivity index (χ1n) is 5.75. The van der Waals surface area contributed by atoms with Crippen LogP contribution < -0.4 is 5.73 Å². The average molecular weight is 342 g/mol. The second-order valence-electron chi connectivity index (χ2n) is 3.98. The van der Waals surface area contributed by atoms with Crippen LogP contribution >= 0.6 is 0 Å². The summed E-state index contributed by atoms with van der Waals surface area (Å²) in [6, 6.07) is 17.0. The molecule has 4 nitrogen and oxygen atoms in total. The smallest absolute Gasteiger partial charge is 0.342 e. The summed E-state index contributed by atoms with van der Waals surface area (Å²) in [5.41, 5.74) is 7.69. The molecule has 0 spiro atoms. The minimum absolute atomic E-state index is 0. The van der Waals surface area contributed by atoms with Gasteiger partial charge in [-0.1, -0.05) is 42.4 Å². The van der Waals surface area contributed by atoms with Gasteiger partial charge in [0.1, 0.15) is 0 Å². The van der Waals surface area contributed by atoms with E-state index in [4.69, 9.17) is 10.6 Å². The number of aryl methyl sites for hydroxylation is 1. The van der Waals surface area contributed by atoms with Gasteiger partial charge in [-0.05, 0) is 5.56 Å². The van der Waals surface area contributed by atoms with Gasteiger partial charge in [-0.15, -0.1) is 0 Å². The van der Waals surface area contributed by atoms with Crippen molar-refractivity contribution in [1.82, 2.24) is 0 Å². The summed E-state index contributed by atoms with van der Waals surface area (Å²) in [6.45, 7) is 1.85. The molecule has 2 rings (SSSR count). The fraction of sp³-hybridized carbons (Fsp3) is 0.0667. The van der Waals surface area contributed by atoms with Gasteiger partial charge in [0, 0.05) is 38.3 Å². The number of carbonyl (C=O) groups excluding carboxylic acids is 1. The third kappa shape index (κ3) is 4.55. The molecule has 1 radical (unpaired) electrons. The summed E-state index contributed by atoms with van der Waals surface area (Å²) in [5, 5.41) is 3.64. The summed E-state index contributed by atoms with van der Waals surface area (Å²) in [5.74, 6) is -0.385. The topological polar surface area (TPSA) is 64.7 Å². The standard InChI is InChI=1S/C15H13N2O2.Y/c1-11-6-5-9-13(10-11)15(18)19-17-14(16)12-7-3-2-4-8-12;/h2-5,7-10H,1H3,(H2,16,17);/q-1;. The summed E-state index contributed by atoms with van der Waals surface area (Å²) in [4.78, 5) is 16.5. The van der Waals surface area contributed by atoms with Gasteiger partial charge in [0.15, 0.2) is 5.84 Å². The van der Waals surface area contributed by atoms with Crippen LogP contribution in [0, 0.1) is 13.0 Å². The number of oxime groups is 1. The zero-order valence-corrected chi connectivity index (χ0v) is 13.9. The molecule has 0 saturated heterocycles. The molecular formula is C15H13N2O2Y-. The Morgan fingerprint density at radius 1 is 1.20 bits per heavy atom. The van der Waals surface area contributed by atoms with Crippen molar-refractivity contribution in [2.75, 3.05) is 0 Å². The number of hydrogen-bond donors (Lipinski definition) is 1. The van der Waals surface area contributed by atoms with Gasteiger partial charge in [-0.2, -0.15) is 29.8 Å². The Morgan fingerprint density at radius 3 is 2.55 bits per heavy atom. The molecule has 0 fully saturated rings. The first-order valence-corrected chi connectivity index (χ1v) is 5.75. The Hall–Kier alpha value is -1.52. The maximum atomic E-state index is 11.7. The largest absolute Gasteiger partial charge is 0.380 e. The first kappa shape index (κ1) is 16.5. The van der Waals surface area contributed by atoms with Crippen molar-refractivity contribution in [1.29, 1.82) is 0 Å². The monoisotopic (exact) mass is 342 g/mol. The predicted octanol–water partition coefficient (Wildman–Crippen LogP) is 2.27. The van der Waals surface area contributed by atoms with E-state index < -0.39 is 5.97 Å². The molecule has 20 heavy (non-hydrogen) atoms. The van der Waals surface area contributed by atoms with E-state index in [9.17, 15) is 4.79 Å². The van der Waals surface area contributed by atoms with Crippen LogP contribution in [0.2, 0.25) is 0 Å². The molecular weight excluding hydrogens is 329 g/mol. The SMILES string of the molecule is Cc1[c-]ccc(C(=O)O/N=C(\N)c2ccccc2)c1.[Y]. The molecule has 0 heterocycles. The van der Waals surface area contributed by atoms with Gasteiger partial charge in [0.2, 0.25) is 0 Å². The quantitative estimate of drug-likeness (QED) is 0.306. The summed E-state index contributed by atoms with van der Waals surface area (Å²) in [7, 11) is 0. The van der Waals surface area contributed by atoms with Gasteiger partial charge in [-0.3, -0.25) is 0 Å². The van der Waals surface area contributed by atoms with E-state index in [1.807, 2.05) is 25.1 Å². The van der Waals surface area contributed by atoms with E-state index in [0.29, 0.717) is 11.1 Å². The molecule has 0 unspecified atom stereocenters. The summed E-state index contributed by atoms with van der Waals surface area (Å²) >= 11 is 0. The zero-order valence-electron chi connectivity index (χ0n) is 11.0. The molecule has 0 bridgehead atoms.